The second-order valence-corrected chi connectivity index (χ2v) is 6.99. The van der Waals surface area contributed by atoms with E-state index in [1.807, 2.05) is 0 Å². The van der Waals surface area contributed by atoms with Gasteiger partial charge in [-0.05, 0) is 25.0 Å². The minimum Gasteiger partial charge on any atom is -0.507 e. The molecule has 0 spiro atoms. The molecule has 1 aromatic rings. The largest absolute Gasteiger partial charge is 0.507 e. The number of nitrogens with one attached hydrogen (secondary N) is 1. The van der Waals surface area contributed by atoms with Crippen LogP contribution in [0.5, 0.6) is 5.75 Å². The highest BCUT2D eigenvalue weighted by atomic mass is 16.3. The zero-order chi connectivity index (χ0) is 21.0. The van der Waals surface area contributed by atoms with E-state index in [1.165, 1.54) is 25.1 Å². The summed E-state index contributed by atoms with van der Waals surface area (Å²) in [7, 11) is 0. The third-order valence-corrected chi connectivity index (χ3v) is 5.29. The molecule has 10 heteroatoms. The average molecular weight is 404 g/mol. The molecule has 0 aromatic heterocycles. The molecule has 0 fully saturated rings. The number of phenolic OH excluding ortho intramolecular Hbond substituents is 1. The quantitative estimate of drug-likeness (QED) is 0.381. The first-order valence-electron chi connectivity index (χ1n) is 8.35. The van der Waals surface area contributed by atoms with E-state index in [2.05, 4.69) is 0 Å². The molecule has 0 aliphatic heterocycles. The lowest BCUT2D eigenvalue weighted by molar-refractivity contribution is -0.118. The molecule has 154 valence electrons. The van der Waals surface area contributed by atoms with Gasteiger partial charge in [0.2, 0.25) is 5.78 Å². The van der Waals surface area contributed by atoms with Gasteiger partial charge in [-0.15, -0.1) is 0 Å². The highest BCUT2D eigenvalue weighted by molar-refractivity contribution is 6.34. The number of rotatable bonds is 3. The fourth-order valence-electron chi connectivity index (χ4n) is 3.70. The highest BCUT2D eigenvalue weighted by Crippen LogP contribution is 2.45. The smallest absolute Gasteiger partial charge is 0.254 e. The van der Waals surface area contributed by atoms with Gasteiger partial charge in [-0.3, -0.25) is 19.8 Å². The zero-order valence-corrected chi connectivity index (χ0v) is 15.3. The predicted molar refractivity (Wildman–Crippen MR) is 99.6 cm³/mol. The first-order chi connectivity index (χ1) is 13.0. The zero-order valence-electron chi connectivity index (χ0n) is 15.3. The summed E-state index contributed by atoms with van der Waals surface area (Å²) < 4.78 is 0. The third kappa shape index (κ3) is 3.18. The number of fused-ring (bicyclic) bond motifs is 1. The monoisotopic (exact) mass is 404 g/mol. The molecule has 0 bridgehead atoms. The van der Waals surface area contributed by atoms with Crippen molar-refractivity contribution in [3.05, 3.63) is 52.0 Å². The van der Waals surface area contributed by atoms with Gasteiger partial charge in [0.25, 0.3) is 5.91 Å². The Hall–Kier alpha value is -3.50. The molecule has 1 amide bonds. The van der Waals surface area contributed by atoms with Crippen molar-refractivity contribution in [3.63, 3.8) is 0 Å². The Balaban J connectivity index is 0.00000300. The molecule has 10 nitrogen and oxygen atoms in total. The Labute approximate surface area is 164 Å². The van der Waals surface area contributed by atoms with Crippen LogP contribution in [0.4, 0.5) is 0 Å². The van der Waals surface area contributed by atoms with Gasteiger partial charge in [0, 0.05) is 17.9 Å². The molecular formula is C19H20N2O8. The molecular weight excluding hydrogens is 384 g/mol. The molecule has 2 atom stereocenters. The molecule has 0 unspecified atom stereocenters. The van der Waals surface area contributed by atoms with Crippen molar-refractivity contribution in [2.75, 3.05) is 0 Å². The van der Waals surface area contributed by atoms with E-state index in [9.17, 15) is 34.8 Å². The third-order valence-electron chi connectivity index (χ3n) is 5.29. The number of primary amides is 1. The summed E-state index contributed by atoms with van der Waals surface area (Å²) in [5.41, 5.74) is 1.53. The van der Waals surface area contributed by atoms with Gasteiger partial charge >= 0.3 is 0 Å². The summed E-state index contributed by atoms with van der Waals surface area (Å²) in [6.07, 6.45) is -0.598. The van der Waals surface area contributed by atoms with E-state index in [0.29, 0.717) is 0 Å². The lowest BCUT2D eigenvalue weighted by atomic mass is 9.68. The van der Waals surface area contributed by atoms with Gasteiger partial charge in [0.05, 0.1) is 11.2 Å². The molecule has 2 aliphatic rings. The number of allylic oxidation sites excluding steroid dienone is 2. The molecule has 0 saturated carbocycles. The normalized spacial score (nSPS) is 24.3. The highest BCUT2D eigenvalue weighted by Gasteiger charge is 2.46. The summed E-state index contributed by atoms with van der Waals surface area (Å²) in [6.45, 7) is 1.41. The number of carbonyl (C=O) groups excluding carboxylic acids is 3. The molecule has 2 aliphatic carbocycles. The SMILES string of the molecule is C[C@@]1(O)c2cccc(O)c2C(=O)C[C@@H]1CC1=C(O)C(=N)C(C(N)=O)=C(O)C1=O.O. The summed E-state index contributed by atoms with van der Waals surface area (Å²) in [4.78, 5) is 36.3. The van der Waals surface area contributed by atoms with E-state index < -0.39 is 57.4 Å². The van der Waals surface area contributed by atoms with Gasteiger partial charge in [-0.25, -0.2) is 0 Å². The van der Waals surface area contributed by atoms with E-state index >= 15 is 0 Å². The van der Waals surface area contributed by atoms with Crippen LogP contribution >= 0.6 is 0 Å². The van der Waals surface area contributed by atoms with Gasteiger partial charge in [0.1, 0.15) is 22.8 Å². The molecule has 0 radical (unpaired) electrons. The maximum Gasteiger partial charge on any atom is 0.254 e. The first-order valence-corrected chi connectivity index (χ1v) is 8.35. The number of carbonyl (C=O) groups is 3. The topological polar surface area (TPSA) is 214 Å². The molecule has 1 aromatic carbocycles. The van der Waals surface area contributed by atoms with Crippen LogP contribution < -0.4 is 5.73 Å². The number of phenols is 1. The van der Waals surface area contributed by atoms with E-state index in [0.717, 1.165) is 0 Å². The fraction of sp³-hybridized carbons (Fsp3) is 0.263. The van der Waals surface area contributed by atoms with Crippen molar-refractivity contribution >= 4 is 23.2 Å². The number of ketones is 2. The summed E-state index contributed by atoms with van der Waals surface area (Å²) >= 11 is 0. The lowest BCUT2D eigenvalue weighted by Gasteiger charge is -2.39. The van der Waals surface area contributed by atoms with Crippen molar-refractivity contribution < 1.29 is 40.3 Å². The number of nitrogens with two attached hydrogens (primary N) is 1. The Bertz CT molecular complexity index is 1020. The fourth-order valence-corrected chi connectivity index (χ4v) is 3.70. The number of benzene rings is 1. The second kappa shape index (κ2) is 7.15. The van der Waals surface area contributed by atoms with Crippen LogP contribution in [0.25, 0.3) is 0 Å². The lowest BCUT2D eigenvalue weighted by Crippen LogP contribution is -2.40. The molecule has 29 heavy (non-hydrogen) atoms. The maximum absolute atomic E-state index is 12.5. The average Bonchev–Trinajstić information content (AvgIpc) is 2.61. The Kier molecular flexibility index (Phi) is 5.37. The minimum absolute atomic E-state index is 0. The maximum atomic E-state index is 12.5. The number of aliphatic hydroxyl groups is 3. The van der Waals surface area contributed by atoms with E-state index in [4.69, 9.17) is 11.1 Å². The number of aromatic hydroxyl groups is 1. The first kappa shape index (κ1) is 21.8. The minimum atomic E-state index is -1.65. The van der Waals surface area contributed by atoms with Crippen molar-refractivity contribution in [2.24, 2.45) is 11.7 Å². The Morgan fingerprint density at radius 2 is 1.86 bits per heavy atom. The van der Waals surface area contributed by atoms with Crippen molar-refractivity contribution in [3.8, 4) is 5.75 Å². The molecule has 0 saturated heterocycles. The summed E-state index contributed by atoms with van der Waals surface area (Å²) in [6, 6.07) is 4.26. The van der Waals surface area contributed by atoms with Crippen LogP contribution in [0, 0.1) is 11.3 Å². The van der Waals surface area contributed by atoms with Crippen LogP contribution in [-0.2, 0) is 15.2 Å². The van der Waals surface area contributed by atoms with Gasteiger partial charge < -0.3 is 31.6 Å². The van der Waals surface area contributed by atoms with Crippen molar-refractivity contribution in [1.82, 2.24) is 0 Å². The molecule has 0 heterocycles. The number of hydrogen-bond donors (Lipinski definition) is 6. The molecule has 9 N–H and O–H groups in total. The summed E-state index contributed by atoms with van der Waals surface area (Å²) in [5.74, 6) is -5.89. The number of hydrogen-bond acceptors (Lipinski definition) is 8. The summed E-state index contributed by atoms with van der Waals surface area (Å²) in [5, 5.41) is 48.9. The van der Waals surface area contributed by atoms with Crippen LogP contribution in [0.15, 0.2) is 40.9 Å². The van der Waals surface area contributed by atoms with Crippen LogP contribution in [0.1, 0.15) is 35.7 Å². The van der Waals surface area contributed by atoms with E-state index in [-0.39, 0.29) is 35.2 Å². The second-order valence-electron chi connectivity index (χ2n) is 6.99. The van der Waals surface area contributed by atoms with E-state index in [1.54, 1.807) is 0 Å². The Morgan fingerprint density at radius 3 is 2.45 bits per heavy atom. The van der Waals surface area contributed by atoms with Crippen molar-refractivity contribution in [1.29, 1.82) is 5.41 Å². The van der Waals surface area contributed by atoms with Gasteiger partial charge in [-0.1, -0.05) is 12.1 Å². The van der Waals surface area contributed by atoms with Crippen LogP contribution in [-0.4, -0.2) is 49.1 Å². The van der Waals surface area contributed by atoms with Crippen LogP contribution in [0.2, 0.25) is 0 Å². The van der Waals surface area contributed by atoms with Gasteiger partial charge in [0.15, 0.2) is 11.5 Å². The predicted octanol–water partition coefficient (Wildman–Crippen LogP) is 0.0797. The van der Waals surface area contributed by atoms with Crippen molar-refractivity contribution in [2.45, 2.75) is 25.4 Å². The molecule has 3 rings (SSSR count). The number of Topliss-reactive ketones (excluding diaryl/α,β-unsaturated/α-hetero) is 2. The van der Waals surface area contributed by atoms with Gasteiger partial charge in [-0.2, -0.15) is 0 Å². The number of aliphatic hydroxyl groups excluding tert-OH is 2. The Morgan fingerprint density at radius 1 is 1.24 bits per heavy atom. The standard InChI is InChI=1S/C19H18N2O7.H2O/c1-19(28)7(6-11(23)12-9(19)3-2-4-10(12)22)5-8-15(24)14(20)13(18(21)27)17(26)16(8)25;/h2-4,7,20,22,24,26,28H,5-6H2,1H3,(H2,21,27);1H2/t7-,19-;/m0./s1. The van der Waals surface area contributed by atoms with Crippen LogP contribution in [0.3, 0.4) is 0 Å². The number of amides is 1.